The molecule has 10 nitrogen and oxygen atoms in total. The number of nitrogens with one attached hydrogen (secondary N) is 2. The zero-order valence-corrected chi connectivity index (χ0v) is 14.0. The van der Waals surface area contributed by atoms with Gasteiger partial charge in [0.15, 0.2) is 0 Å². The number of benzene rings is 2. The first-order valence-electron chi connectivity index (χ1n) is 7.43. The van der Waals surface area contributed by atoms with E-state index in [2.05, 4.69) is 10.6 Å². The second-order valence-electron chi connectivity index (χ2n) is 5.25. The van der Waals surface area contributed by atoms with Crippen molar-refractivity contribution in [2.24, 2.45) is 0 Å². The molecule has 1 amide bonds. The van der Waals surface area contributed by atoms with Crippen molar-refractivity contribution in [2.75, 3.05) is 24.3 Å². The number of nitrogens with zero attached hydrogens (tertiary/aromatic N) is 2. The lowest BCUT2D eigenvalue weighted by Gasteiger charge is -2.12. The average Bonchev–Trinajstić information content (AvgIpc) is 2.60. The summed E-state index contributed by atoms with van der Waals surface area (Å²) >= 11 is 0. The van der Waals surface area contributed by atoms with Crippen LogP contribution in [-0.2, 0) is 4.79 Å². The number of hydrogen-bond acceptors (Lipinski definition) is 7. The number of carbonyl (C=O) groups is 1. The summed E-state index contributed by atoms with van der Waals surface area (Å²) in [5.41, 5.74) is 0.752. The second-order valence-corrected chi connectivity index (χ2v) is 5.25. The smallest absolute Gasteiger partial charge is 0.274 e. The van der Waals surface area contributed by atoms with Crippen LogP contribution in [0.5, 0.6) is 5.75 Å². The second kappa shape index (κ2) is 7.92. The first kappa shape index (κ1) is 18.6. The average molecular weight is 360 g/mol. The van der Waals surface area contributed by atoms with Gasteiger partial charge in [0.2, 0.25) is 5.91 Å². The molecule has 0 saturated carbocycles. The first-order valence-corrected chi connectivity index (χ1v) is 7.43. The van der Waals surface area contributed by atoms with Gasteiger partial charge in [-0.2, -0.15) is 0 Å². The fourth-order valence-electron chi connectivity index (χ4n) is 2.29. The van der Waals surface area contributed by atoms with E-state index in [0.717, 1.165) is 0 Å². The van der Waals surface area contributed by atoms with Crippen molar-refractivity contribution in [3.63, 3.8) is 0 Å². The minimum absolute atomic E-state index is 0.0595. The van der Waals surface area contributed by atoms with Crippen molar-refractivity contribution in [1.29, 1.82) is 0 Å². The lowest BCUT2D eigenvalue weighted by Crippen LogP contribution is -2.22. The number of nitro groups is 2. The van der Waals surface area contributed by atoms with E-state index in [0.29, 0.717) is 11.3 Å². The van der Waals surface area contributed by atoms with E-state index in [1.807, 2.05) is 0 Å². The normalized spacial score (nSPS) is 10.1. The molecule has 0 aromatic heterocycles. The third-order valence-corrected chi connectivity index (χ3v) is 3.61. The van der Waals surface area contributed by atoms with Gasteiger partial charge in [0.25, 0.3) is 11.4 Å². The summed E-state index contributed by atoms with van der Waals surface area (Å²) in [6.07, 6.45) is 0. The summed E-state index contributed by atoms with van der Waals surface area (Å²) in [6, 6.07) is 8.33. The van der Waals surface area contributed by atoms with E-state index in [1.54, 1.807) is 13.0 Å². The van der Waals surface area contributed by atoms with Gasteiger partial charge in [-0.05, 0) is 19.1 Å². The summed E-state index contributed by atoms with van der Waals surface area (Å²) < 4.78 is 5.07. The van der Waals surface area contributed by atoms with Crippen molar-refractivity contribution >= 4 is 28.7 Å². The fraction of sp³-hybridized carbons (Fsp3) is 0.188. The molecule has 2 aromatic rings. The van der Waals surface area contributed by atoms with Crippen LogP contribution in [0.15, 0.2) is 36.4 Å². The predicted octanol–water partition coefficient (Wildman–Crippen LogP) is 2.87. The number of ether oxygens (including phenoxy) is 1. The standard InChI is InChI=1S/C16H16N4O6/c1-10-12(4-3-5-14(10)20(24)25)17-9-16(21)18-13-8-11(19(22)23)6-7-15(13)26-2/h3-8,17H,9H2,1-2H3,(H,18,21). The van der Waals surface area contributed by atoms with Gasteiger partial charge < -0.3 is 15.4 Å². The Hall–Kier alpha value is -3.69. The Kier molecular flexibility index (Phi) is 5.68. The molecule has 0 heterocycles. The lowest BCUT2D eigenvalue weighted by molar-refractivity contribution is -0.385. The molecule has 0 aliphatic heterocycles. The van der Waals surface area contributed by atoms with Crippen LogP contribution in [0.3, 0.4) is 0 Å². The highest BCUT2D eigenvalue weighted by atomic mass is 16.6. The van der Waals surface area contributed by atoms with Crippen LogP contribution in [-0.4, -0.2) is 29.4 Å². The number of hydrogen-bond donors (Lipinski definition) is 2. The SMILES string of the molecule is COc1ccc([N+](=O)[O-])cc1NC(=O)CNc1cccc([N+](=O)[O-])c1C. The molecular weight excluding hydrogens is 344 g/mol. The third-order valence-electron chi connectivity index (χ3n) is 3.61. The van der Waals surface area contributed by atoms with Crippen molar-refractivity contribution in [2.45, 2.75) is 6.92 Å². The molecule has 0 spiro atoms. The van der Waals surface area contributed by atoms with Gasteiger partial charge in [-0.1, -0.05) is 6.07 Å². The highest BCUT2D eigenvalue weighted by Gasteiger charge is 2.16. The van der Waals surface area contributed by atoms with Crippen molar-refractivity contribution in [1.82, 2.24) is 0 Å². The van der Waals surface area contributed by atoms with E-state index < -0.39 is 15.8 Å². The molecule has 26 heavy (non-hydrogen) atoms. The minimum atomic E-state index is -0.584. The van der Waals surface area contributed by atoms with Crippen LogP contribution in [0.2, 0.25) is 0 Å². The number of rotatable bonds is 7. The van der Waals surface area contributed by atoms with Crippen LogP contribution in [0.25, 0.3) is 0 Å². The highest BCUT2D eigenvalue weighted by Crippen LogP contribution is 2.29. The Morgan fingerprint density at radius 3 is 2.46 bits per heavy atom. The zero-order valence-electron chi connectivity index (χ0n) is 14.0. The molecule has 2 N–H and O–H groups in total. The topological polar surface area (TPSA) is 137 Å². The molecule has 136 valence electrons. The molecule has 0 unspecified atom stereocenters. The van der Waals surface area contributed by atoms with Gasteiger partial charge in [-0.15, -0.1) is 0 Å². The zero-order chi connectivity index (χ0) is 19.3. The summed E-state index contributed by atoms with van der Waals surface area (Å²) in [5.74, 6) is -0.217. The predicted molar refractivity (Wildman–Crippen MR) is 94.6 cm³/mol. The molecule has 0 radical (unpaired) electrons. The number of non-ortho nitro benzene ring substituents is 1. The molecule has 2 aromatic carbocycles. The highest BCUT2D eigenvalue weighted by molar-refractivity contribution is 5.95. The maximum Gasteiger partial charge on any atom is 0.274 e. The van der Waals surface area contributed by atoms with E-state index >= 15 is 0 Å². The molecule has 0 aliphatic carbocycles. The van der Waals surface area contributed by atoms with Crippen LogP contribution >= 0.6 is 0 Å². The molecule has 2 rings (SSSR count). The van der Waals surface area contributed by atoms with Crippen molar-refractivity contribution in [3.05, 3.63) is 62.2 Å². The third kappa shape index (κ3) is 4.23. The van der Waals surface area contributed by atoms with Gasteiger partial charge in [0.1, 0.15) is 5.75 Å². The quantitative estimate of drug-likeness (QED) is 0.572. The molecule has 10 heteroatoms. The van der Waals surface area contributed by atoms with Crippen LogP contribution < -0.4 is 15.4 Å². The van der Waals surface area contributed by atoms with E-state index in [4.69, 9.17) is 4.74 Å². The number of carbonyl (C=O) groups excluding carboxylic acids is 1. The van der Waals surface area contributed by atoms with Gasteiger partial charge in [-0.3, -0.25) is 25.0 Å². The maximum absolute atomic E-state index is 12.1. The van der Waals surface area contributed by atoms with Crippen molar-refractivity contribution in [3.8, 4) is 5.75 Å². The minimum Gasteiger partial charge on any atom is -0.495 e. The van der Waals surface area contributed by atoms with E-state index in [9.17, 15) is 25.0 Å². The summed E-state index contributed by atoms with van der Waals surface area (Å²) in [5, 5.41) is 27.1. The summed E-state index contributed by atoms with van der Waals surface area (Å²) in [4.78, 5) is 32.8. The maximum atomic E-state index is 12.1. The van der Waals surface area contributed by atoms with Crippen LogP contribution in [0.4, 0.5) is 22.7 Å². The van der Waals surface area contributed by atoms with Crippen LogP contribution in [0, 0.1) is 27.2 Å². The Labute approximate surface area is 148 Å². The van der Waals surface area contributed by atoms with E-state index in [1.165, 1.54) is 37.4 Å². The molecule has 0 saturated heterocycles. The van der Waals surface area contributed by atoms with Gasteiger partial charge in [-0.25, -0.2) is 0 Å². The Morgan fingerprint density at radius 2 is 1.85 bits per heavy atom. The van der Waals surface area contributed by atoms with Crippen LogP contribution in [0.1, 0.15) is 5.56 Å². The number of amides is 1. The molecule has 0 atom stereocenters. The lowest BCUT2D eigenvalue weighted by atomic mass is 10.1. The monoisotopic (exact) mass is 360 g/mol. The number of anilines is 2. The Balaban J connectivity index is 2.10. The Bertz CT molecular complexity index is 868. The fourth-order valence-corrected chi connectivity index (χ4v) is 2.29. The first-order chi connectivity index (χ1) is 12.3. The van der Waals surface area contributed by atoms with E-state index in [-0.39, 0.29) is 29.4 Å². The molecule has 0 bridgehead atoms. The number of nitro benzene ring substituents is 2. The van der Waals surface area contributed by atoms with Gasteiger partial charge in [0.05, 0.1) is 29.2 Å². The molecular formula is C16H16N4O6. The van der Waals surface area contributed by atoms with Crippen molar-refractivity contribution < 1.29 is 19.4 Å². The number of methoxy groups -OCH3 is 1. The Morgan fingerprint density at radius 1 is 1.12 bits per heavy atom. The summed E-state index contributed by atoms with van der Waals surface area (Å²) in [6.45, 7) is 1.38. The summed E-state index contributed by atoms with van der Waals surface area (Å²) in [7, 11) is 1.38. The largest absolute Gasteiger partial charge is 0.495 e. The molecule has 0 aliphatic rings. The molecule has 0 fully saturated rings. The van der Waals surface area contributed by atoms with Gasteiger partial charge >= 0.3 is 0 Å². The van der Waals surface area contributed by atoms with Gasteiger partial charge in [0, 0.05) is 29.4 Å².